The van der Waals surface area contributed by atoms with Crippen LogP contribution in [0.5, 0.6) is 0 Å². The molecule has 1 aromatic rings. The molecule has 0 saturated carbocycles. The minimum Gasteiger partial charge on any atom is -0.392 e. The van der Waals surface area contributed by atoms with E-state index in [1.165, 1.54) is 17.5 Å². The van der Waals surface area contributed by atoms with Gasteiger partial charge in [0.1, 0.15) is 0 Å². The fraction of sp³-hybridized carbons (Fsp3) is 0.647. The van der Waals surface area contributed by atoms with Crippen LogP contribution in [0.25, 0.3) is 0 Å². The van der Waals surface area contributed by atoms with Crippen LogP contribution in [0.15, 0.2) is 24.3 Å². The van der Waals surface area contributed by atoms with E-state index in [0.29, 0.717) is 11.3 Å². The first kappa shape index (κ1) is 15.9. The number of nitrogens with one attached hydrogen (secondary N) is 1. The van der Waals surface area contributed by atoms with Crippen molar-refractivity contribution in [2.24, 2.45) is 0 Å². The molecule has 0 fully saturated rings. The maximum absolute atomic E-state index is 9.77. The molecule has 1 aromatic carbocycles. The van der Waals surface area contributed by atoms with Gasteiger partial charge >= 0.3 is 0 Å². The van der Waals surface area contributed by atoms with Gasteiger partial charge in [-0.2, -0.15) is 11.8 Å². The highest BCUT2D eigenvalue weighted by molar-refractivity contribution is 8.00. The highest BCUT2D eigenvalue weighted by Gasteiger charge is 2.31. The molecule has 112 valence electrons. The summed E-state index contributed by atoms with van der Waals surface area (Å²) in [7, 11) is 0. The zero-order valence-electron chi connectivity index (χ0n) is 12.8. The Morgan fingerprint density at radius 1 is 1.35 bits per heavy atom. The highest BCUT2D eigenvalue weighted by Crippen LogP contribution is 2.39. The highest BCUT2D eigenvalue weighted by atomic mass is 32.2. The van der Waals surface area contributed by atoms with Gasteiger partial charge < -0.3 is 10.4 Å². The molecule has 0 amide bonds. The molecular formula is C17H27NOS. The van der Waals surface area contributed by atoms with Crippen LogP contribution in [0.2, 0.25) is 0 Å². The van der Waals surface area contributed by atoms with Crippen molar-refractivity contribution in [1.29, 1.82) is 0 Å². The minimum absolute atomic E-state index is 0.246. The van der Waals surface area contributed by atoms with E-state index in [4.69, 9.17) is 0 Å². The van der Waals surface area contributed by atoms with E-state index in [2.05, 4.69) is 43.4 Å². The predicted octanol–water partition coefficient (Wildman–Crippen LogP) is 3.54. The molecule has 2 N–H and O–H groups in total. The zero-order valence-corrected chi connectivity index (χ0v) is 13.6. The van der Waals surface area contributed by atoms with Crippen LogP contribution in [0, 0.1) is 0 Å². The van der Waals surface area contributed by atoms with E-state index in [1.807, 2.05) is 18.7 Å². The molecule has 0 heterocycles. The molecule has 1 aliphatic carbocycles. The first-order valence-corrected chi connectivity index (χ1v) is 8.72. The Hall–Kier alpha value is -0.510. The average Bonchev–Trinajstić information content (AvgIpc) is 2.45. The van der Waals surface area contributed by atoms with Crippen molar-refractivity contribution in [1.82, 2.24) is 5.32 Å². The molecule has 0 spiro atoms. The number of hydrogen-bond acceptors (Lipinski definition) is 3. The molecular weight excluding hydrogens is 266 g/mol. The molecule has 1 aliphatic rings. The maximum Gasteiger partial charge on any atom is 0.0628 e. The monoisotopic (exact) mass is 293 g/mol. The van der Waals surface area contributed by atoms with Gasteiger partial charge in [-0.25, -0.2) is 0 Å². The summed E-state index contributed by atoms with van der Waals surface area (Å²) in [6.07, 6.45) is 3.26. The molecule has 4 atom stereocenters. The van der Waals surface area contributed by atoms with Gasteiger partial charge in [0.05, 0.1) is 6.10 Å². The largest absolute Gasteiger partial charge is 0.392 e. The van der Waals surface area contributed by atoms with Gasteiger partial charge in [0.15, 0.2) is 0 Å². The zero-order chi connectivity index (χ0) is 14.5. The van der Waals surface area contributed by atoms with Crippen molar-refractivity contribution in [3.63, 3.8) is 0 Å². The van der Waals surface area contributed by atoms with Crippen LogP contribution in [0.3, 0.4) is 0 Å². The van der Waals surface area contributed by atoms with Crippen LogP contribution in [0.1, 0.15) is 50.8 Å². The molecule has 4 unspecified atom stereocenters. The lowest BCUT2D eigenvalue weighted by Gasteiger charge is -2.36. The van der Waals surface area contributed by atoms with Gasteiger partial charge in [-0.3, -0.25) is 0 Å². The Morgan fingerprint density at radius 2 is 2.10 bits per heavy atom. The Balaban J connectivity index is 2.15. The molecule has 3 heteroatoms. The summed E-state index contributed by atoms with van der Waals surface area (Å²) < 4.78 is 0. The Kier molecular flexibility index (Phi) is 5.94. The van der Waals surface area contributed by atoms with Gasteiger partial charge in [-0.05, 0) is 43.9 Å². The Morgan fingerprint density at radius 3 is 2.80 bits per heavy atom. The van der Waals surface area contributed by atoms with E-state index in [-0.39, 0.29) is 11.4 Å². The lowest BCUT2D eigenvalue weighted by atomic mass is 9.87. The summed E-state index contributed by atoms with van der Waals surface area (Å²) in [5.74, 6) is 0. The third kappa shape index (κ3) is 3.78. The van der Waals surface area contributed by atoms with Crippen molar-refractivity contribution in [2.75, 3.05) is 6.54 Å². The predicted molar refractivity (Wildman–Crippen MR) is 88.3 cm³/mol. The fourth-order valence-corrected chi connectivity index (χ4v) is 4.24. The second-order valence-electron chi connectivity index (χ2n) is 5.79. The SMILES string of the molecule is CCCNC1c2ccccc2CCC1SC(C)C(C)O. The topological polar surface area (TPSA) is 32.3 Å². The third-order valence-electron chi connectivity index (χ3n) is 4.14. The van der Waals surface area contributed by atoms with Gasteiger partial charge in [0, 0.05) is 16.5 Å². The molecule has 0 saturated heterocycles. The molecule has 2 rings (SSSR count). The number of fused-ring (bicyclic) bond motifs is 1. The summed E-state index contributed by atoms with van der Waals surface area (Å²) in [4.78, 5) is 0. The summed E-state index contributed by atoms with van der Waals surface area (Å²) in [5.41, 5.74) is 2.95. The number of aliphatic hydroxyl groups excluding tert-OH is 1. The second kappa shape index (κ2) is 7.48. The standard InChI is InChI=1S/C17H27NOS/c1-4-11-18-17-15-8-6-5-7-14(15)9-10-16(17)20-13(3)12(2)19/h5-8,12-13,16-19H,4,9-11H2,1-3H3. The first-order valence-electron chi connectivity index (χ1n) is 7.78. The number of hydrogen-bond donors (Lipinski definition) is 2. The van der Waals surface area contributed by atoms with Gasteiger partial charge in [-0.1, -0.05) is 38.1 Å². The quantitative estimate of drug-likeness (QED) is 0.841. The summed E-state index contributed by atoms with van der Waals surface area (Å²) >= 11 is 1.94. The van der Waals surface area contributed by atoms with Crippen LogP contribution in [0.4, 0.5) is 0 Å². The summed E-state index contributed by atoms with van der Waals surface area (Å²) in [6, 6.07) is 9.23. The summed E-state index contributed by atoms with van der Waals surface area (Å²) in [6.45, 7) is 7.29. The Labute approximate surface area is 127 Å². The molecule has 0 aliphatic heterocycles. The third-order valence-corrected chi connectivity index (χ3v) is 5.82. The maximum atomic E-state index is 9.77. The van der Waals surface area contributed by atoms with Crippen molar-refractivity contribution in [3.8, 4) is 0 Å². The molecule has 20 heavy (non-hydrogen) atoms. The van der Waals surface area contributed by atoms with E-state index >= 15 is 0 Å². The lowest BCUT2D eigenvalue weighted by Crippen LogP contribution is -2.36. The fourth-order valence-electron chi connectivity index (χ4n) is 2.81. The Bertz CT molecular complexity index is 421. The average molecular weight is 293 g/mol. The lowest BCUT2D eigenvalue weighted by molar-refractivity contribution is 0.196. The number of benzene rings is 1. The van der Waals surface area contributed by atoms with Gasteiger partial charge in [-0.15, -0.1) is 0 Å². The normalized spacial score (nSPS) is 25.0. The van der Waals surface area contributed by atoms with Gasteiger partial charge in [0.2, 0.25) is 0 Å². The first-order chi connectivity index (χ1) is 9.63. The number of rotatable bonds is 6. The molecule has 0 bridgehead atoms. The number of aryl methyl sites for hydroxylation is 1. The van der Waals surface area contributed by atoms with Crippen molar-refractivity contribution in [3.05, 3.63) is 35.4 Å². The van der Waals surface area contributed by atoms with E-state index in [9.17, 15) is 5.11 Å². The molecule has 2 nitrogen and oxygen atoms in total. The van der Waals surface area contributed by atoms with Crippen LogP contribution in [-0.2, 0) is 6.42 Å². The van der Waals surface area contributed by atoms with E-state index < -0.39 is 0 Å². The molecule has 0 radical (unpaired) electrons. The molecule has 0 aromatic heterocycles. The van der Waals surface area contributed by atoms with Crippen LogP contribution >= 0.6 is 11.8 Å². The number of thioether (sulfide) groups is 1. The van der Waals surface area contributed by atoms with E-state index in [0.717, 1.165) is 19.4 Å². The van der Waals surface area contributed by atoms with Crippen molar-refractivity contribution >= 4 is 11.8 Å². The minimum atomic E-state index is -0.246. The van der Waals surface area contributed by atoms with E-state index in [1.54, 1.807) is 0 Å². The van der Waals surface area contributed by atoms with Crippen molar-refractivity contribution < 1.29 is 5.11 Å². The smallest absolute Gasteiger partial charge is 0.0628 e. The second-order valence-corrected chi connectivity index (χ2v) is 7.41. The van der Waals surface area contributed by atoms with Gasteiger partial charge in [0.25, 0.3) is 0 Å². The van der Waals surface area contributed by atoms with Crippen molar-refractivity contribution in [2.45, 2.75) is 62.7 Å². The van der Waals surface area contributed by atoms with Crippen LogP contribution < -0.4 is 5.32 Å². The van der Waals surface area contributed by atoms with Crippen LogP contribution in [-0.4, -0.2) is 28.3 Å². The number of aliphatic hydroxyl groups is 1. The summed E-state index contributed by atoms with van der Waals surface area (Å²) in [5, 5.41) is 14.3.